The fraction of sp³-hybridized carbons (Fsp3) is 0.179. The van der Waals surface area contributed by atoms with Crippen molar-refractivity contribution in [1.29, 1.82) is 0 Å². The molecule has 0 saturated carbocycles. The van der Waals surface area contributed by atoms with E-state index in [2.05, 4.69) is 20.9 Å². The monoisotopic (exact) mass is 758 g/mol. The lowest BCUT2D eigenvalue weighted by molar-refractivity contribution is -0.140. The first-order valence-corrected chi connectivity index (χ1v) is 14.7. The van der Waals surface area contributed by atoms with Gasteiger partial charge in [0.2, 0.25) is 0 Å². The van der Waals surface area contributed by atoms with Crippen molar-refractivity contribution in [3.63, 3.8) is 0 Å². The van der Waals surface area contributed by atoms with Gasteiger partial charge in [0.05, 0.1) is 31.9 Å². The number of hydrogen-bond donors (Lipinski definition) is 1. The van der Waals surface area contributed by atoms with Crippen LogP contribution in [0.2, 0.25) is 0 Å². The summed E-state index contributed by atoms with van der Waals surface area (Å²) in [6.45, 7) is 1.29. The summed E-state index contributed by atoms with van der Waals surface area (Å²) in [7, 11) is 1.36. The molecule has 3 aromatic carbocycles. The van der Waals surface area contributed by atoms with Crippen LogP contribution in [0.5, 0.6) is 11.5 Å². The highest BCUT2D eigenvalue weighted by Crippen LogP contribution is 2.43. The number of allylic oxidation sites excluding steroid dienone is 1. The molecule has 1 aromatic heterocycles. The summed E-state index contributed by atoms with van der Waals surface area (Å²) in [6.07, 6.45) is -3.54. The van der Waals surface area contributed by atoms with Crippen LogP contribution >= 0.6 is 49.9 Å². The van der Waals surface area contributed by atoms with Crippen LogP contribution in [0.4, 0.5) is 13.2 Å². The molecule has 0 unspecified atom stereocenters. The molecule has 212 valence electrons. The Hall–Kier alpha value is -3.17. The van der Waals surface area contributed by atoms with Crippen LogP contribution in [0.15, 0.2) is 74.1 Å². The average Bonchev–Trinajstić information content (AvgIpc) is 3.24. The van der Waals surface area contributed by atoms with E-state index in [0.29, 0.717) is 24.4 Å². The Kier molecular flexibility index (Phi) is 8.05. The molecule has 5 rings (SSSR count). The number of esters is 1. The number of alkyl halides is 3. The fourth-order valence-electron chi connectivity index (χ4n) is 4.67. The lowest BCUT2D eigenvalue weighted by Gasteiger charge is -2.28. The number of ether oxygens (including phenoxy) is 2. The van der Waals surface area contributed by atoms with Gasteiger partial charge in [0.1, 0.15) is 17.5 Å². The maximum Gasteiger partial charge on any atom is 0.434 e. The lowest BCUT2D eigenvalue weighted by atomic mass is 9.90. The quantitative estimate of drug-likeness (QED) is 0.212. The Balaban J connectivity index is 1.92. The largest absolute Gasteiger partial charge is 0.506 e. The van der Waals surface area contributed by atoms with Gasteiger partial charge in [-0.2, -0.15) is 13.2 Å². The predicted molar refractivity (Wildman–Crippen MR) is 160 cm³/mol. The van der Waals surface area contributed by atoms with Gasteiger partial charge < -0.3 is 14.6 Å². The number of phenols is 1. The Morgan fingerprint density at radius 1 is 1.24 bits per heavy atom. The minimum atomic E-state index is -5.04. The van der Waals surface area contributed by atoms with Crippen LogP contribution in [0, 0.1) is 3.57 Å². The van der Waals surface area contributed by atoms with Crippen molar-refractivity contribution < 1.29 is 32.5 Å². The summed E-state index contributed by atoms with van der Waals surface area (Å²) in [6, 6.07) is 11.9. The molecule has 4 aromatic rings. The van der Waals surface area contributed by atoms with Gasteiger partial charge in [0.15, 0.2) is 10.5 Å². The SMILES string of the molecule is CCOC(=O)C1=C(C(F)(F)F)N=c2s/c(=C\c3cc(Br)c(O)c(I)c3)c(=O)n2[C@@H]1c1c(OC)ccc2ccccc12. The first-order valence-electron chi connectivity index (χ1n) is 12.0. The third kappa shape index (κ3) is 5.30. The highest BCUT2D eigenvalue weighted by atomic mass is 127. The summed E-state index contributed by atoms with van der Waals surface area (Å²) < 4.78 is 56.3. The van der Waals surface area contributed by atoms with Crippen molar-refractivity contribution >= 4 is 72.7 Å². The van der Waals surface area contributed by atoms with Crippen molar-refractivity contribution in [1.82, 2.24) is 4.57 Å². The van der Waals surface area contributed by atoms with Crippen LogP contribution in [-0.4, -0.2) is 35.5 Å². The van der Waals surface area contributed by atoms with E-state index in [9.17, 15) is 27.9 Å². The number of thiazole rings is 1. The standard InChI is InChI=1S/C28H19BrF3IN2O5S/c1-3-40-26(38)21-22(20-15-7-5-4-6-14(15)8-9-18(20)39-2)35-25(37)19(41-27(35)34-24(21)28(30,31)32)12-13-10-16(29)23(36)17(33)11-13/h4-12,22,36H,3H2,1-2H3/b19-12-/t22-/m1/s1. The maximum atomic E-state index is 14.5. The van der Waals surface area contributed by atoms with E-state index < -0.39 is 35.0 Å². The van der Waals surface area contributed by atoms with Crippen LogP contribution in [0.1, 0.15) is 24.1 Å². The van der Waals surface area contributed by atoms with Gasteiger partial charge in [-0.05, 0) is 86.1 Å². The molecule has 1 aliphatic rings. The van der Waals surface area contributed by atoms with E-state index in [1.807, 2.05) is 22.6 Å². The van der Waals surface area contributed by atoms with E-state index in [-0.39, 0.29) is 33.0 Å². The van der Waals surface area contributed by atoms with Crippen LogP contribution in [-0.2, 0) is 9.53 Å². The number of benzene rings is 3. The highest BCUT2D eigenvalue weighted by molar-refractivity contribution is 14.1. The summed E-state index contributed by atoms with van der Waals surface area (Å²) in [5.74, 6) is -1.04. The zero-order chi connectivity index (χ0) is 29.6. The van der Waals surface area contributed by atoms with Gasteiger partial charge in [-0.3, -0.25) is 9.36 Å². The Morgan fingerprint density at radius 3 is 2.63 bits per heavy atom. The zero-order valence-electron chi connectivity index (χ0n) is 21.3. The Bertz CT molecular complexity index is 1910. The number of hydrogen-bond acceptors (Lipinski definition) is 7. The van der Waals surface area contributed by atoms with Crippen molar-refractivity contribution in [2.75, 3.05) is 13.7 Å². The fourth-order valence-corrected chi connectivity index (χ4v) is 7.17. The van der Waals surface area contributed by atoms with Crippen molar-refractivity contribution in [2.24, 2.45) is 4.99 Å². The summed E-state index contributed by atoms with van der Waals surface area (Å²) in [5, 5.41) is 11.3. The van der Waals surface area contributed by atoms with E-state index in [1.54, 1.807) is 48.5 Å². The van der Waals surface area contributed by atoms with Gasteiger partial charge in [0, 0.05) is 5.56 Å². The highest BCUT2D eigenvalue weighted by Gasteiger charge is 2.46. The average molecular weight is 759 g/mol. The number of carbonyl (C=O) groups excluding carboxylic acids is 1. The van der Waals surface area contributed by atoms with Gasteiger partial charge in [-0.25, -0.2) is 9.79 Å². The number of halogens is 5. The summed E-state index contributed by atoms with van der Waals surface area (Å²) in [4.78, 5) is 30.8. The number of aromatic nitrogens is 1. The molecule has 0 aliphatic carbocycles. The molecule has 7 nitrogen and oxygen atoms in total. The zero-order valence-corrected chi connectivity index (χ0v) is 25.8. The molecule has 0 bridgehead atoms. The van der Waals surface area contributed by atoms with Crippen LogP contribution in [0.25, 0.3) is 16.8 Å². The molecule has 1 N–H and O–H groups in total. The van der Waals surface area contributed by atoms with E-state index >= 15 is 0 Å². The number of aromatic hydroxyl groups is 1. The number of fused-ring (bicyclic) bond motifs is 2. The number of methoxy groups -OCH3 is 1. The van der Waals surface area contributed by atoms with Crippen molar-refractivity contribution in [3.05, 3.63) is 98.7 Å². The van der Waals surface area contributed by atoms with Gasteiger partial charge >= 0.3 is 12.1 Å². The molecular weight excluding hydrogens is 740 g/mol. The maximum absolute atomic E-state index is 14.5. The van der Waals surface area contributed by atoms with E-state index in [4.69, 9.17) is 9.47 Å². The Morgan fingerprint density at radius 2 is 1.98 bits per heavy atom. The van der Waals surface area contributed by atoms with Gasteiger partial charge in [-0.15, -0.1) is 0 Å². The number of nitrogens with zero attached hydrogens (tertiary/aromatic N) is 2. The normalized spacial score (nSPS) is 15.6. The molecule has 13 heteroatoms. The molecular formula is C28H19BrF3IN2O5S. The molecule has 41 heavy (non-hydrogen) atoms. The number of phenolic OH excluding ortho intramolecular Hbond substituents is 1. The van der Waals surface area contributed by atoms with E-state index in [1.165, 1.54) is 20.1 Å². The summed E-state index contributed by atoms with van der Waals surface area (Å²) >= 11 is 5.94. The molecule has 1 atom stereocenters. The van der Waals surface area contributed by atoms with Crippen LogP contribution < -0.4 is 19.6 Å². The third-order valence-corrected chi connectivity index (χ3v) is 8.77. The predicted octanol–water partition coefficient (Wildman–Crippen LogP) is 5.58. The first kappa shape index (κ1) is 29.3. The topological polar surface area (TPSA) is 90.1 Å². The number of rotatable bonds is 5. The molecule has 0 fully saturated rings. The smallest absolute Gasteiger partial charge is 0.434 e. The molecule has 0 radical (unpaired) electrons. The second-order valence-corrected chi connectivity index (χ2v) is 11.8. The molecule has 0 saturated heterocycles. The minimum Gasteiger partial charge on any atom is -0.506 e. The second kappa shape index (κ2) is 11.2. The van der Waals surface area contributed by atoms with E-state index in [0.717, 1.165) is 15.9 Å². The third-order valence-electron chi connectivity index (χ3n) is 6.36. The van der Waals surface area contributed by atoms with Gasteiger partial charge in [0.25, 0.3) is 5.56 Å². The van der Waals surface area contributed by atoms with Crippen LogP contribution in [0.3, 0.4) is 0 Å². The molecule has 0 spiro atoms. The molecule has 1 aliphatic heterocycles. The van der Waals surface area contributed by atoms with Crippen molar-refractivity contribution in [3.8, 4) is 11.5 Å². The Labute approximate surface area is 256 Å². The minimum absolute atomic E-state index is 0.0150. The lowest BCUT2D eigenvalue weighted by Crippen LogP contribution is -2.41. The number of carbonyl (C=O) groups is 1. The molecule has 0 amide bonds. The summed E-state index contributed by atoms with van der Waals surface area (Å²) in [5.41, 5.74) is -2.19. The molecule has 2 heterocycles. The van der Waals surface area contributed by atoms with Crippen molar-refractivity contribution in [2.45, 2.75) is 19.1 Å². The first-order chi connectivity index (χ1) is 19.5. The van der Waals surface area contributed by atoms with Gasteiger partial charge in [-0.1, -0.05) is 41.7 Å². The second-order valence-electron chi connectivity index (χ2n) is 8.80.